The van der Waals surface area contributed by atoms with E-state index in [1.54, 1.807) is 0 Å². The second-order valence-electron chi connectivity index (χ2n) is 3.21. The summed E-state index contributed by atoms with van der Waals surface area (Å²) < 4.78 is 22.3. The number of carbonyl (C=O) groups is 2. The lowest BCUT2D eigenvalue weighted by Gasteiger charge is -2.31. The average Bonchev–Trinajstić information content (AvgIpc) is 2.01. The Labute approximate surface area is 81.4 Å². The Kier molecular flexibility index (Phi) is 2.79. The van der Waals surface area contributed by atoms with Gasteiger partial charge in [-0.2, -0.15) is 0 Å². The van der Waals surface area contributed by atoms with Gasteiger partial charge in [-0.1, -0.05) is 0 Å². The third-order valence-corrected chi connectivity index (χ3v) is 3.63. The van der Waals surface area contributed by atoms with Crippen molar-refractivity contribution < 1.29 is 23.1 Å². The summed E-state index contributed by atoms with van der Waals surface area (Å²) in [6.07, 6.45) is -0.0305. The molecule has 14 heavy (non-hydrogen) atoms. The summed E-state index contributed by atoms with van der Waals surface area (Å²) in [5.74, 6) is -2.34. The summed E-state index contributed by atoms with van der Waals surface area (Å²) in [6, 6.07) is -1.00. The van der Waals surface area contributed by atoms with Crippen LogP contribution in [-0.4, -0.2) is 48.0 Å². The fourth-order valence-electron chi connectivity index (χ4n) is 1.38. The molecular weight excluding hydrogens is 210 g/mol. The zero-order chi connectivity index (χ0) is 10.9. The van der Waals surface area contributed by atoms with Gasteiger partial charge < -0.3 is 10.0 Å². The molecule has 0 aromatic heterocycles. The molecule has 0 aromatic carbocycles. The van der Waals surface area contributed by atoms with Crippen molar-refractivity contribution in [1.82, 2.24) is 4.90 Å². The lowest BCUT2D eigenvalue weighted by molar-refractivity contribution is -0.149. The van der Waals surface area contributed by atoms with Crippen LogP contribution in [0.25, 0.3) is 0 Å². The van der Waals surface area contributed by atoms with Gasteiger partial charge in [-0.25, -0.2) is 13.2 Å². The van der Waals surface area contributed by atoms with E-state index in [0.717, 1.165) is 11.8 Å². The average molecular weight is 221 g/mol. The van der Waals surface area contributed by atoms with Crippen molar-refractivity contribution in [2.75, 3.05) is 11.6 Å². The summed E-state index contributed by atoms with van der Waals surface area (Å²) in [6.45, 7) is 1.16. The monoisotopic (exact) mass is 221 g/mol. The fourth-order valence-corrected chi connectivity index (χ4v) is 2.88. The molecule has 0 aromatic rings. The Balaban J connectivity index is 2.92. The predicted molar refractivity (Wildman–Crippen MR) is 47.2 cm³/mol. The standard InChI is InChI=1S/C7H11NO5S/c1-5(9)8-4-14(12,13)3-2-6(8)7(10)11/h6H,2-4H2,1H3,(H,10,11). The third kappa shape index (κ3) is 2.22. The maximum Gasteiger partial charge on any atom is 0.326 e. The van der Waals surface area contributed by atoms with E-state index in [1.807, 2.05) is 0 Å². The molecule has 1 heterocycles. The lowest BCUT2D eigenvalue weighted by atomic mass is 10.2. The van der Waals surface area contributed by atoms with Crippen LogP contribution in [0, 0.1) is 0 Å². The third-order valence-electron chi connectivity index (χ3n) is 2.10. The van der Waals surface area contributed by atoms with Crippen molar-refractivity contribution in [3.63, 3.8) is 0 Å². The highest BCUT2D eigenvalue weighted by atomic mass is 32.2. The van der Waals surface area contributed by atoms with Gasteiger partial charge >= 0.3 is 5.97 Å². The smallest absolute Gasteiger partial charge is 0.326 e. The van der Waals surface area contributed by atoms with Crippen LogP contribution in [0.4, 0.5) is 0 Å². The number of rotatable bonds is 1. The second-order valence-corrected chi connectivity index (χ2v) is 5.36. The van der Waals surface area contributed by atoms with Gasteiger partial charge in [0.1, 0.15) is 11.9 Å². The highest BCUT2D eigenvalue weighted by Crippen LogP contribution is 2.16. The number of sulfone groups is 1. The van der Waals surface area contributed by atoms with Crippen molar-refractivity contribution in [3.8, 4) is 0 Å². The molecule has 0 radical (unpaired) electrons. The van der Waals surface area contributed by atoms with E-state index in [4.69, 9.17) is 5.11 Å². The van der Waals surface area contributed by atoms with E-state index in [-0.39, 0.29) is 12.2 Å². The van der Waals surface area contributed by atoms with Gasteiger partial charge in [-0.15, -0.1) is 0 Å². The van der Waals surface area contributed by atoms with Gasteiger partial charge in [0.05, 0.1) is 5.75 Å². The molecule has 1 N–H and O–H groups in total. The Morgan fingerprint density at radius 1 is 1.43 bits per heavy atom. The molecule has 1 fully saturated rings. The molecule has 0 aliphatic carbocycles. The Hall–Kier alpha value is -1.11. The number of nitrogens with zero attached hydrogens (tertiary/aromatic N) is 1. The van der Waals surface area contributed by atoms with Crippen molar-refractivity contribution >= 4 is 21.7 Å². The number of hydrogen-bond donors (Lipinski definition) is 1. The quantitative estimate of drug-likeness (QED) is 0.617. The molecule has 6 nitrogen and oxygen atoms in total. The maximum atomic E-state index is 11.1. The molecule has 1 amide bonds. The van der Waals surface area contributed by atoms with Crippen LogP contribution in [0.5, 0.6) is 0 Å². The zero-order valence-corrected chi connectivity index (χ0v) is 8.45. The Morgan fingerprint density at radius 2 is 2.00 bits per heavy atom. The molecule has 1 unspecified atom stereocenters. The number of amides is 1. The normalized spacial score (nSPS) is 25.8. The minimum absolute atomic E-state index is 0.0305. The van der Waals surface area contributed by atoms with Crippen LogP contribution in [-0.2, 0) is 19.4 Å². The summed E-state index contributed by atoms with van der Waals surface area (Å²) in [5, 5.41) is 8.74. The molecule has 0 saturated carbocycles. The summed E-state index contributed by atoms with van der Waals surface area (Å²) in [7, 11) is -3.30. The minimum Gasteiger partial charge on any atom is -0.480 e. The van der Waals surface area contributed by atoms with Crippen LogP contribution in [0.15, 0.2) is 0 Å². The maximum absolute atomic E-state index is 11.1. The number of hydrogen-bond acceptors (Lipinski definition) is 4. The number of carboxylic acid groups (broad SMARTS) is 1. The molecule has 1 aliphatic rings. The Morgan fingerprint density at radius 3 is 2.43 bits per heavy atom. The van der Waals surface area contributed by atoms with E-state index in [0.29, 0.717) is 0 Å². The SMILES string of the molecule is CC(=O)N1CS(=O)(=O)CCC1C(=O)O. The van der Waals surface area contributed by atoms with Crippen molar-refractivity contribution in [2.24, 2.45) is 0 Å². The highest BCUT2D eigenvalue weighted by Gasteiger charge is 2.36. The van der Waals surface area contributed by atoms with Crippen LogP contribution >= 0.6 is 0 Å². The van der Waals surface area contributed by atoms with Gasteiger partial charge in [0.15, 0.2) is 9.84 Å². The predicted octanol–water partition coefficient (Wildman–Crippen LogP) is -0.936. The largest absolute Gasteiger partial charge is 0.480 e. The van der Waals surface area contributed by atoms with E-state index >= 15 is 0 Å². The first-order chi connectivity index (χ1) is 6.33. The summed E-state index contributed by atoms with van der Waals surface area (Å²) in [4.78, 5) is 22.6. The van der Waals surface area contributed by atoms with Gasteiger partial charge in [-0.3, -0.25) is 4.79 Å². The van der Waals surface area contributed by atoms with Gasteiger partial charge in [0.25, 0.3) is 0 Å². The van der Waals surface area contributed by atoms with Crippen molar-refractivity contribution in [1.29, 1.82) is 0 Å². The fraction of sp³-hybridized carbons (Fsp3) is 0.714. The van der Waals surface area contributed by atoms with E-state index in [2.05, 4.69) is 0 Å². The molecule has 1 saturated heterocycles. The first-order valence-corrected chi connectivity index (χ1v) is 5.86. The molecule has 7 heteroatoms. The van der Waals surface area contributed by atoms with Crippen molar-refractivity contribution in [2.45, 2.75) is 19.4 Å². The van der Waals surface area contributed by atoms with Crippen LogP contribution < -0.4 is 0 Å². The van der Waals surface area contributed by atoms with E-state index in [9.17, 15) is 18.0 Å². The van der Waals surface area contributed by atoms with Crippen LogP contribution in [0.1, 0.15) is 13.3 Å². The molecule has 1 atom stereocenters. The number of aliphatic carboxylic acids is 1. The number of carboxylic acids is 1. The van der Waals surface area contributed by atoms with Crippen molar-refractivity contribution in [3.05, 3.63) is 0 Å². The zero-order valence-electron chi connectivity index (χ0n) is 7.63. The molecular formula is C7H11NO5S. The molecule has 80 valence electrons. The molecule has 1 aliphatic heterocycles. The summed E-state index contributed by atoms with van der Waals surface area (Å²) >= 11 is 0. The van der Waals surface area contributed by atoms with Gasteiger partial charge in [0, 0.05) is 6.92 Å². The number of carbonyl (C=O) groups excluding carboxylic acids is 1. The molecule has 0 bridgehead atoms. The van der Waals surface area contributed by atoms with Crippen LogP contribution in [0.3, 0.4) is 0 Å². The first-order valence-electron chi connectivity index (χ1n) is 4.04. The lowest BCUT2D eigenvalue weighted by Crippen LogP contribution is -2.51. The summed E-state index contributed by atoms with van der Waals surface area (Å²) in [5.41, 5.74) is 0. The van der Waals surface area contributed by atoms with E-state index < -0.39 is 33.6 Å². The second kappa shape index (κ2) is 3.56. The molecule has 1 rings (SSSR count). The molecule has 0 spiro atoms. The highest BCUT2D eigenvalue weighted by molar-refractivity contribution is 7.91. The Bertz CT molecular complexity index is 360. The topological polar surface area (TPSA) is 91.8 Å². The van der Waals surface area contributed by atoms with Gasteiger partial charge in [-0.05, 0) is 6.42 Å². The first kappa shape index (κ1) is 11.0. The van der Waals surface area contributed by atoms with E-state index in [1.165, 1.54) is 0 Å². The van der Waals surface area contributed by atoms with Gasteiger partial charge in [0.2, 0.25) is 5.91 Å². The minimum atomic E-state index is -3.30. The van der Waals surface area contributed by atoms with Crippen LogP contribution in [0.2, 0.25) is 0 Å².